The lowest BCUT2D eigenvalue weighted by Gasteiger charge is -2.21. The van der Waals surface area contributed by atoms with E-state index in [2.05, 4.69) is 28.0 Å². The summed E-state index contributed by atoms with van der Waals surface area (Å²) >= 11 is 3.42. The first-order valence-electron chi connectivity index (χ1n) is 5.57. The Kier molecular flexibility index (Phi) is 5.44. The van der Waals surface area contributed by atoms with Gasteiger partial charge in [-0.2, -0.15) is 5.10 Å². The number of rotatable bonds is 6. The summed E-state index contributed by atoms with van der Waals surface area (Å²) in [6.07, 6.45) is 2.64. The van der Waals surface area contributed by atoms with Gasteiger partial charge in [0.2, 0.25) is 0 Å². The van der Waals surface area contributed by atoms with E-state index in [1.807, 2.05) is 11.6 Å². The van der Waals surface area contributed by atoms with Crippen LogP contribution < -0.4 is 0 Å². The number of nitrogens with zero attached hydrogens (tertiary/aromatic N) is 2. The van der Waals surface area contributed by atoms with Gasteiger partial charge in [0.05, 0.1) is 22.5 Å². The van der Waals surface area contributed by atoms with Gasteiger partial charge in [0.25, 0.3) is 0 Å². The first kappa shape index (κ1) is 13.7. The van der Waals surface area contributed by atoms with Crippen LogP contribution in [0.25, 0.3) is 0 Å². The molecule has 5 heteroatoms. The molecular formula is C11H19BrN2O2. The zero-order valence-electron chi connectivity index (χ0n) is 9.98. The first-order valence-corrected chi connectivity index (χ1v) is 6.37. The molecule has 0 aromatic carbocycles. The van der Waals surface area contributed by atoms with Crippen molar-refractivity contribution < 1.29 is 9.84 Å². The van der Waals surface area contributed by atoms with Crippen LogP contribution in [0.1, 0.15) is 38.5 Å². The third-order valence-electron chi connectivity index (χ3n) is 2.61. The van der Waals surface area contributed by atoms with Crippen LogP contribution in [-0.2, 0) is 11.3 Å². The summed E-state index contributed by atoms with van der Waals surface area (Å²) < 4.78 is 7.93. The molecule has 0 spiro atoms. The van der Waals surface area contributed by atoms with E-state index in [-0.39, 0.29) is 6.10 Å². The van der Waals surface area contributed by atoms with Crippen molar-refractivity contribution in [2.45, 2.75) is 45.4 Å². The molecule has 0 radical (unpaired) electrons. The lowest BCUT2D eigenvalue weighted by atomic mass is 10.1. The number of ether oxygens (including phenoxy) is 1. The van der Waals surface area contributed by atoms with Gasteiger partial charge in [0.1, 0.15) is 6.10 Å². The van der Waals surface area contributed by atoms with Gasteiger partial charge >= 0.3 is 0 Å². The SMILES string of the molecule is CCCn1ncc(Br)c1C(O)C(CC)OC. The van der Waals surface area contributed by atoms with Gasteiger partial charge in [-0.15, -0.1) is 0 Å². The van der Waals surface area contributed by atoms with Gasteiger partial charge in [0, 0.05) is 13.7 Å². The van der Waals surface area contributed by atoms with Crippen molar-refractivity contribution in [2.24, 2.45) is 0 Å². The topological polar surface area (TPSA) is 47.3 Å². The smallest absolute Gasteiger partial charge is 0.123 e. The van der Waals surface area contributed by atoms with Crippen molar-refractivity contribution in [1.29, 1.82) is 0 Å². The third-order valence-corrected chi connectivity index (χ3v) is 3.22. The van der Waals surface area contributed by atoms with E-state index in [4.69, 9.17) is 4.74 Å². The normalized spacial score (nSPS) is 15.1. The first-order chi connectivity index (χ1) is 7.65. The Morgan fingerprint density at radius 1 is 1.56 bits per heavy atom. The molecule has 92 valence electrons. The van der Waals surface area contributed by atoms with E-state index >= 15 is 0 Å². The van der Waals surface area contributed by atoms with E-state index in [0.717, 1.165) is 29.6 Å². The quantitative estimate of drug-likeness (QED) is 0.876. The maximum absolute atomic E-state index is 10.2. The molecule has 0 amide bonds. The van der Waals surface area contributed by atoms with Crippen LogP contribution in [-0.4, -0.2) is 28.1 Å². The molecule has 4 nitrogen and oxygen atoms in total. The molecular weight excluding hydrogens is 272 g/mol. The molecule has 1 rings (SSSR count). The van der Waals surface area contributed by atoms with Gasteiger partial charge in [0.15, 0.2) is 0 Å². The van der Waals surface area contributed by atoms with Crippen molar-refractivity contribution in [3.8, 4) is 0 Å². The van der Waals surface area contributed by atoms with Gasteiger partial charge in [-0.05, 0) is 28.8 Å². The molecule has 1 aromatic heterocycles. The maximum atomic E-state index is 10.2. The Bertz CT molecular complexity index is 324. The zero-order valence-corrected chi connectivity index (χ0v) is 11.6. The van der Waals surface area contributed by atoms with Crippen molar-refractivity contribution in [2.75, 3.05) is 7.11 Å². The van der Waals surface area contributed by atoms with Crippen LogP contribution in [0.2, 0.25) is 0 Å². The maximum Gasteiger partial charge on any atom is 0.123 e. The molecule has 0 bridgehead atoms. The average Bonchev–Trinajstić information content (AvgIpc) is 2.62. The molecule has 2 atom stereocenters. The van der Waals surface area contributed by atoms with E-state index in [1.165, 1.54) is 0 Å². The van der Waals surface area contributed by atoms with Gasteiger partial charge in [-0.25, -0.2) is 0 Å². The molecule has 2 unspecified atom stereocenters. The van der Waals surface area contributed by atoms with Crippen LogP contribution >= 0.6 is 15.9 Å². The molecule has 1 N–H and O–H groups in total. The number of halogens is 1. The molecule has 16 heavy (non-hydrogen) atoms. The number of aliphatic hydroxyl groups is 1. The minimum Gasteiger partial charge on any atom is -0.384 e. The minimum atomic E-state index is -0.640. The number of methoxy groups -OCH3 is 1. The van der Waals surface area contributed by atoms with Gasteiger partial charge in [-0.1, -0.05) is 13.8 Å². The average molecular weight is 291 g/mol. The van der Waals surface area contributed by atoms with Crippen molar-refractivity contribution in [3.05, 3.63) is 16.4 Å². The second-order valence-electron chi connectivity index (χ2n) is 3.73. The highest BCUT2D eigenvalue weighted by atomic mass is 79.9. The molecule has 1 aromatic rings. The fourth-order valence-corrected chi connectivity index (χ4v) is 2.28. The largest absolute Gasteiger partial charge is 0.384 e. The standard InChI is InChI=1S/C11H19BrN2O2/c1-4-6-14-10(8(12)7-13-14)11(15)9(5-2)16-3/h7,9,11,15H,4-6H2,1-3H3. The molecule has 0 aliphatic heterocycles. The molecule has 0 aliphatic carbocycles. The Labute approximate surface area is 105 Å². The Hall–Kier alpha value is -0.390. The second kappa shape index (κ2) is 6.37. The number of hydrogen-bond acceptors (Lipinski definition) is 3. The zero-order chi connectivity index (χ0) is 12.1. The summed E-state index contributed by atoms with van der Waals surface area (Å²) in [5, 5.41) is 14.5. The summed E-state index contributed by atoms with van der Waals surface area (Å²) in [5.41, 5.74) is 0.801. The second-order valence-corrected chi connectivity index (χ2v) is 4.58. The highest BCUT2D eigenvalue weighted by Crippen LogP contribution is 2.28. The summed E-state index contributed by atoms with van der Waals surface area (Å²) in [6.45, 7) is 4.88. The molecule has 0 fully saturated rings. The number of aryl methyl sites for hydroxylation is 1. The van der Waals surface area contributed by atoms with Crippen LogP contribution in [0.3, 0.4) is 0 Å². The van der Waals surface area contributed by atoms with Gasteiger partial charge < -0.3 is 9.84 Å². The summed E-state index contributed by atoms with van der Waals surface area (Å²) in [7, 11) is 1.62. The van der Waals surface area contributed by atoms with Crippen molar-refractivity contribution >= 4 is 15.9 Å². The van der Waals surface area contributed by atoms with Crippen LogP contribution in [0.4, 0.5) is 0 Å². The summed E-state index contributed by atoms with van der Waals surface area (Å²) in [5.74, 6) is 0. The van der Waals surface area contributed by atoms with E-state index < -0.39 is 6.10 Å². The van der Waals surface area contributed by atoms with Crippen molar-refractivity contribution in [3.63, 3.8) is 0 Å². The van der Waals surface area contributed by atoms with Crippen molar-refractivity contribution in [1.82, 2.24) is 9.78 Å². The summed E-state index contributed by atoms with van der Waals surface area (Å²) in [4.78, 5) is 0. The fourth-order valence-electron chi connectivity index (χ4n) is 1.75. The van der Waals surface area contributed by atoms with E-state index in [0.29, 0.717) is 0 Å². The number of aliphatic hydroxyl groups excluding tert-OH is 1. The molecule has 0 saturated carbocycles. The summed E-state index contributed by atoms with van der Waals surface area (Å²) in [6, 6.07) is 0. The third kappa shape index (κ3) is 2.84. The Morgan fingerprint density at radius 3 is 2.75 bits per heavy atom. The van der Waals surface area contributed by atoms with E-state index in [9.17, 15) is 5.11 Å². The minimum absolute atomic E-state index is 0.191. The van der Waals surface area contributed by atoms with Gasteiger partial charge in [-0.3, -0.25) is 4.68 Å². The highest BCUT2D eigenvalue weighted by Gasteiger charge is 2.24. The van der Waals surface area contributed by atoms with E-state index in [1.54, 1.807) is 13.3 Å². The Morgan fingerprint density at radius 2 is 2.25 bits per heavy atom. The number of aromatic nitrogens is 2. The lowest BCUT2D eigenvalue weighted by molar-refractivity contribution is -0.0194. The fraction of sp³-hybridized carbons (Fsp3) is 0.727. The predicted octanol–water partition coefficient (Wildman–Crippen LogP) is 2.51. The Balaban J connectivity index is 2.95. The molecule has 0 aliphatic rings. The van der Waals surface area contributed by atoms with Crippen LogP contribution in [0.15, 0.2) is 10.7 Å². The highest BCUT2D eigenvalue weighted by molar-refractivity contribution is 9.10. The monoisotopic (exact) mass is 290 g/mol. The predicted molar refractivity (Wildman–Crippen MR) is 66.3 cm³/mol. The van der Waals surface area contributed by atoms with Crippen LogP contribution in [0, 0.1) is 0 Å². The lowest BCUT2D eigenvalue weighted by Crippen LogP contribution is -2.23. The molecule has 1 heterocycles. The molecule has 0 saturated heterocycles. The van der Waals surface area contributed by atoms with Crippen LogP contribution in [0.5, 0.6) is 0 Å². The number of hydrogen-bond donors (Lipinski definition) is 1.